The smallest absolute Gasteiger partial charge is 0.490 e. The molecule has 2 aromatic carbocycles. The number of rotatable bonds is 7. The van der Waals surface area contributed by atoms with Crippen LogP contribution < -0.4 is 15.4 Å². The lowest BCUT2D eigenvalue weighted by atomic mass is 9.95. The number of likely N-dealkylation sites (N-methyl/N-ethyl adjacent to an activating group) is 1. The molecule has 0 spiro atoms. The van der Waals surface area contributed by atoms with Gasteiger partial charge in [-0.15, -0.1) is 0 Å². The van der Waals surface area contributed by atoms with Crippen molar-refractivity contribution in [2.75, 3.05) is 32.6 Å². The molecule has 1 aliphatic rings. The zero-order valence-electron chi connectivity index (χ0n) is 20.6. The molecule has 1 atom stereocenters. The lowest BCUT2D eigenvalue weighted by molar-refractivity contribution is -0.192. The molecule has 38 heavy (non-hydrogen) atoms. The van der Waals surface area contributed by atoms with E-state index in [9.17, 15) is 22.4 Å². The molecule has 204 valence electrons. The highest BCUT2D eigenvalue weighted by atomic mass is 19.4. The Balaban J connectivity index is 0.000000505. The maximum absolute atomic E-state index is 13.6. The predicted octanol–water partition coefficient (Wildman–Crippen LogP) is 3.44. The summed E-state index contributed by atoms with van der Waals surface area (Å²) in [4.78, 5) is 23.9. The first-order chi connectivity index (χ1) is 17.9. The summed E-state index contributed by atoms with van der Waals surface area (Å²) in [5.41, 5.74) is 4.34. The third kappa shape index (κ3) is 8.02. The number of carboxylic acids is 1. The molecule has 1 aromatic heterocycles. The molecule has 0 unspecified atom stereocenters. The third-order valence-corrected chi connectivity index (χ3v) is 5.56. The second-order valence-electron chi connectivity index (χ2n) is 8.69. The van der Waals surface area contributed by atoms with Crippen LogP contribution in [0.3, 0.4) is 0 Å². The van der Waals surface area contributed by atoms with Crippen LogP contribution in [-0.2, 0) is 22.6 Å². The van der Waals surface area contributed by atoms with E-state index in [1.165, 1.54) is 12.1 Å². The molecular formula is C25H27F4N5O4. The first-order valence-electron chi connectivity index (χ1n) is 11.5. The summed E-state index contributed by atoms with van der Waals surface area (Å²) in [5.74, 6) is -2.63. The number of hydrogen-bond donors (Lipinski definition) is 4. The molecule has 4 N–H and O–H groups in total. The second kappa shape index (κ2) is 12.5. The lowest BCUT2D eigenvalue weighted by Gasteiger charge is -2.26. The van der Waals surface area contributed by atoms with E-state index in [0.717, 1.165) is 28.8 Å². The highest BCUT2D eigenvalue weighted by molar-refractivity contribution is 5.96. The van der Waals surface area contributed by atoms with E-state index in [4.69, 9.17) is 14.6 Å². The van der Waals surface area contributed by atoms with Crippen molar-refractivity contribution in [1.29, 1.82) is 0 Å². The minimum Gasteiger partial charge on any atom is -0.490 e. The highest BCUT2D eigenvalue weighted by Gasteiger charge is 2.38. The molecule has 0 fully saturated rings. The summed E-state index contributed by atoms with van der Waals surface area (Å²) in [7, 11) is 3.95. The number of nitrogens with one attached hydrogen (secondary N) is 3. The van der Waals surface area contributed by atoms with Crippen molar-refractivity contribution in [2.24, 2.45) is 0 Å². The molecule has 1 amide bonds. The molecular weight excluding hydrogens is 510 g/mol. The van der Waals surface area contributed by atoms with Crippen LogP contribution in [0.5, 0.6) is 5.75 Å². The van der Waals surface area contributed by atoms with Gasteiger partial charge in [0.25, 0.3) is 0 Å². The number of alkyl halides is 3. The van der Waals surface area contributed by atoms with Gasteiger partial charge in [0, 0.05) is 24.8 Å². The number of halogens is 4. The first kappa shape index (κ1) is 28.6. The van der Waals surface area contributed by atoms with Gasteiger partial charge in [-0.05, 0) is 61.5 Å². The van der Waals surface area contributed by atoms with Gasteiger partial charge in [-0.2, -0.15) is 18.3 Å². The number of fused-ring (bicyclic) bond motifs is 1. The van der Waals surface area contributed by atoms with E-state index in [-0.39, 0.29) is 11.7 Å². The van der Waals surface area contributed by atoms with Crippen LogP contribution in [0.1, 0.15) is 11.1 Å². The number of aromatic nitrogens is 2. The molecule has 0 saturated heterocycles. The largest absolute Gasteiger partial charge is 0.490 e. The standard InChI is InChI=1S/C23H26FN5O2.C2HF3O2/c1-29(2)7-8-31-22-11-15(18-13-26-27-14-18)4-6-20(22)28-23(30)21-10-17-9-19(24)5-3-16(17)12-25-21;3-2(4,5)1(6)7/h3-6,9,11,13-14,21,25H,7-8,10,12H2,1-2H3,(H,26,27)(H,28,30);(H,6,7)/t21-;/m1./s1. The Morgan fingerprint density at radius 1 is 1.16 bits per heavy atom. The normalized spacial score (nSPS) is 14.8. The SMILES string of the molecule is CN(C)CCOc1cc(-c2cn[nH]c2)ccc1NC(=O)[C@H]1Cc2cc(F)ccc2CN1.O=C(O)C(F)(F)F. The quantitative estimate of drug-likeness (QED) is 0.341. The van der Waals surface area contributed by atoms with Gasteiger partial charge in [0.05, 0.1) is 17.9 Å². The summed E-state index contributed by atoms with van der Waals surface area (Å²) in [6, 6.07) is 9.91. The van der Waals surface area contributed by atoms with Gasteiger partial charge in [0.2, 0.25) is 5.91 Å². The Morgan fingerprint density at radius 2 is 1.89 bits per heavy atom. The first-order valence-corrected chi connectivity index (χ1v) is 11.5. The summed E-state index contributed by atoms with van der Waals surface area (Å²) in [5, 5.41) is 20.1. The molecule has 0 bridgehead atoms. The minimum atomic E-state index is -5.08. The van der Waals surface area contributed by atoms with Gasteiger partial charge in [-0.25, -0.2) is 9.18 Å². The molecule has 0 saturated carbocycles. The molecule has 0 radical (unpaired) electrons. The van der Waals surface area contributed by atoms with Crippen LogP contribution in [0.2, 0.25) is 0 Å². The van der Waals surface area contributed by atoms with Crippen molar-refractivity contribution < 1.29 is 37.0 Å². The van der Waals surface area contributed by atoms with Gasteiger partial charge < -0.3 is 25.4 Å². The second-order valence-corrected chi connectivity index (χ2v) is 8.69. The van der Waals surface area contributed by atoms with Crippen molar-refractivity contribution in [1.82, 2.24) is 20.4 Å². The van der Waals surface area contributed by atoms with Crippen LogP contribution in [0.25, 0.3) is 11.1 Å². The lowest BCUT2D eigenvalue weighted by Crippen LogP contribution is -2.44. The Labute approximate surface area is 215 Å². The van der Waals surface area contributed by atoms with Crippen molar-refractivity contribution in [3.05, 3.63) is 65.7 Å². The maximum Gasteiger partial charge on any atom is 0.490 e. The topological polar surface area (TPSA) is 120 Å². The van der Waals surface area contributed by atoms with Crippen LogP contribution in [0.15, 0.2) is 48.8 Å². The monoisotopic (exact) mass is 537 g/mol. The van der Waals surface area contributed by atoms with Crippen molar-refractivity contribution in [2.45, 2.75) is 25.2 Å². The number of carbonyl (C=O) groups is 2. The van der Waals surface area contributed by atoms with E-state index in [0.29, 0.717) is 31.0 Å². The summed E-state index contributed by atoms with van der Waals surface area (Å²) in [6.45, 7) is 1.76. The number of nitrogens with zero attached hydrogens (tertiary/aromatic N) is 2. The minimum absolute atomic E-state index is 0.177. The number of benzene rings is 2. The van der Waals surface area contributed by atoms with Gasteiger partial charge in [0.15, 0.2) is 0 Å². The summed E-state index contributed by atoms with van der Waals surface area (Å²) >= 11 is 0. The summed E-state index contributed by atoms with van der Waals surface area (Å²) < 4.78 is 51.3. The van der Waals surface area contributed by atoms with E-state index >= 15 is 0 Å². The fraction of sp³-hybridized carbons (Fsp3) is 0.320. The molecule has 2 heterocycles. The number of amides is 1. The van der Waals surface area contributed by atoms with Crippen molar-refractivity contribution >= 4 is 17.6 Å². The fourth-order valence-electron chi connectivity index (χ4n) is 3.56. The number of aliphatic carboxylic acids is 1. The van der Waals surface area contributed by atoms with Crippen LogP contribution in [-0.4, -0.2) is 71.5 Å². The Morgan fingerprint density at radius 3 is 2.53 bits per heavy atom. The number of ether oxygens (including phenoxy) is 1. The maximum atomic E-state index is 13.6. The number of carboxylic acid groups (broad SMARTS) is 1. The summed E-state index contributed by atoms with van der Waals surface area (Å²) in [6.07, 6.45) is -1.11. The van der Waals surface area contributed by atoms with Crippen LogP contribution in [0, 0.1) is 5.82 Å². The van der Waals surface area contributed by atoms with Gasteiger partial charge in [0.1, 0.15) is 18.2 Å². The number of carbonyl (C=O) groups excluding carboxylic acids is 1. The number of hydrogen-bond acceptors (Lipinski definition) is 6. The number of H-pyrrole nitrogens is 1. The van der Waals surface area contributed by atoms with Crippen molar-refractivity contribution in [3.63, 3.8) is 0 Å². The van der Waals surface area contributed by atoms with E-state index in [2.05, 4.69) is 20.8 Å². The van der Waals surface area contributed by atoms with Gasteiger partial charge in [-0.3, -0.25) is 9.89 Å². The Kier molecular flexibility index (Phi) is 9.42. The van der Waals surface area contributed by atoms with E-state index < -0.39 is 18.2 Å². The molecule has 0 aliphatic carbocycles. The zero-order chi connectivity index (χ0) is 27.9. The molecule has 9 nitrogen and oxygen atoms in total. The zero-order valence-corrected chi connectivity index (χ0v) is 20.6. The van der Waals surface area contributed by atoms with Crippen molar-refractivity contribution in [3.8, 4) is 16.9 Å². The predicted molar refractivity (Wildman–Crippen MR) is 131 cm³/mol. The Hall–Kier alpha value is -3.97. The number of aromatic amines is 1. The van der Waals surface area contributed by atoms with Crippen LogP contribution in [0.4, 0.5) is 23.2 Å². The van der Waals surface area contributed by atoms with E-state index in [1.54, 1.807) is 18.5 Å². The fourth-order valence-corrected chi connectivity index (χ4v) is 3.56. The molecule has 1 aliphatic heterocycles. The average molecular weight is 538 g/mol. The Bertz CT molecular complexity index is 1250. The average Bonchev–Trinajstić information content (AvgIpc) is 3.39. The van der Waals surface area contributed by atoms with Gasteiger partial charge >= 0.3 is 12.1 Å². The molecule has 4 rings (SSSR count). The number of anilines is 1. The van der Waals surface area contributed by atoms with Gasteiger partial charge in [-0.1, -0.05) is 12.1 Å². The highest BCUT2D eigenvalue weighted by Crippen LogP contribution is 2.31. The molecule has 13 heteroatoms. The van der Waals surface area contributed by atoms with E-state index in [1.807, 2.05) is 37.2 Å². The van der Waals surface area contributed by atoms with Crippen LogP contribution >= 0.6 is 0 Å². The molecule has 3 aromatic rings. The third-order valence-electron chi connectivity index (χ3n) is 5.56.